The number of benzene rings is 1. The molecule has 0 amide bonds. The van der Waals surface area contributed by atoms with E-state index in [4.69, 9.17) is 4.98 Å². The van der Waals surface area contributed by atoms with E-state index in [1.165, 1.54) is 5.56 Å². The summed E-state index contributed by atoms with van der Waals surface area (Å²) in [4.78, 5) is 11.5. The molecule has 1 unspecified atom stereocenters. The number of anilines is 1. The molecule has 27 heavy (non-hydrogen) atoms. The van der Waals surface area contributed by atoms with Crippen molar-refractivity contribution in [2.24, 2.45) is 5.41 Å². The summed E-state index contributed by atoms with van der Waals surface area (Å²) in [5, 5.41) is 11.9. The highest BCUT2D eigenvalue weighted by atomic mass is 15.5. The number of tetrazole rings is 1. The number of hydrogen-bond acceptors (Lipinski definition) is 6. The van der Waals surface area contributed by atoms with E-state index in [0.29, 0.717) is 5.65 Å². The monoisotopic (exact) mass is 360 g/mol. The van der Waals surface area contributed by atoms with E-state index < -0.39 is 0 Å². The summed E-state index contributed by atoms with van der Waals surface area (Å²) >= 11 is 0. The second kappa shape index (κ2) is 5.87. The van der Waals surface area contributed by atoms with Crippen LogP contribution in [0, 0.1) is 5.41 Å². The van der Waals surface area contributed by atoms with E-state index in [1.807, 2.05) is 18.5 Å². The van der Waals surface area contributed by atoms with Crippen molar-refractivity contribution in [3.63, 3.8) is 0 Å². The Morgan fingerprint density at radius 1 is 1.07 bits per heavy atom. The van der Waals surface area contributed by atoms with Gasteiger partial charge in [0.05, 0.1) is 12.2 Å². The fourth-order valence-corrected chi connectivity index (χ4v) is 3.96. The van der Waals surface area contributed by atoms with Crippen LogP contribution in [0.5, 0.6) is 0 Å². The first-order valence-electron chi connectivity index (χ1n) is 8.98. The highest BCUT2D eigenvalue weighted by molar-refractivity contribution is 5.65. The van der Waals surface area contributed by atoms with Crippen LogP contribution in [0.4, 0.5) is 5.82 Å². The third-order valence-electron chi connectivity index (χ3n) is 5.19. The lowest BCUT2D eigenvalue weighted by Gasteiger charge is -2.54. The van der Waals surface area contributed by atoms with Gasteiger partial charge in [-0.25, -0.2) is 9.97 Å². The molecule has 4 aromatic rings. The third kappa shape index (κ3) is 2.56. The lowest BCUT2D eigenvalue weighted by Crippen LogP contribution is -2.57. The van der Waals surface area contributed by atoms with Crippen LogP contribution in [-0.2, 0) is 6.54 Å². The van der Waals surface area contributed by atoms with Crippen molar-refractivity contribution in [2.75, 3.05) is 11.4 Å². The maximum absolute atomic E-state index is 4.71. The highest BCUT2D eigenvalue weighted by Crippen LogP contribution is 2.50. The Bertz CT molecular complexity index is 1080. The molecule has 1 aromatic carbocycles. The lowest BCUT2D eigenvalue weighted by molar-refractivity contribution is 0.167. The van der Waals surface area contributed by atoms with Crippen molar-refractivity contribution in [3.05, 3.63) is 66.5 Å². The number of nitrogens with zero attached hydrogens (tertiary/aromatic N) is 8. The summed E-state index contributed by atoms with van der Waals surface area (Å²) < 4.78 is 3.87. The summed E-state index contributed by atoms with van der Waals surface area (Å²) in [6.07, 6.45) is 7.41. The lowest BCUT2D eigenvalue weighted by atomic mass is 9.74. The summed E-state index contributed by atoms with van der Waals surface area (Å²) in [6, 6.07) is 10.5. The molecule has 8 nitrogen and oxygen atoms in total. The van der Waals surface area contributed by atoms with E-state index in [1.54, 1.807) is 16.9 Å². The van der Waals surface area contributed by atoms with Gasteiger partial charge in [-0.1, -0.05) is 44.2 Å². The minimum atomic E-state index is 0.0712. The van der Waals surface area contributed by atoms with Gasteiger partial charge in [0.2, 0.25) is 5.65 Å². The van der Waals surface area contributed by atoms with E-state index in [-0.39, 0.29) is 11.5 Å². The average molecular weight is 360 g/mol. The molecule has 0 aliphatic carbocycles. The Morgan fingerprint density at radius 2 is 1.89 bits per heavy atom. The van der Waals surface area contributed by atoms with Gasteiger partial charge in [-0.2, -0.15) is 4.52 Å². The van der Waals surface area contributed by atoms with Crippen molar-refractivity contribution in [2.45, 2.75) is 26.4 Å². The standard InChI is InChI=1S/C19H20N8/c1-19(2)13-26(17-18-22-23-24-27(18)11-9-21-17)15(19)16-20-8-10-25(16)12-14-6-4-3-5-7-14/h3-11,15H,12-13H2,1-2H3. The maximum Gasteiger partial charge on any atom is 0.222 e. The fraction of sp³-hybridized carbons (Fsp3) is 0.316. The predicted octanol–water partition coefficient (Wildman–Crippen LogP) is 2.35. The Morgan fingerprint density at radius 3 is 2.70 bits per heavy atom. The molecule has 5 rings (SSSR count). The zero-order valence-electron chi connectivity index (χ0n) is 15.3. The molecule has 0 N–H and O–H groups in total. The van der Waals surface area contributed by atoms with E-state index in [0.717, 1.165) is 24.7 Å². The van der Waals surface area contributed by atoms with Gasteiger partial charge in [-0.15, -0.1) is 5.10 Å². The predicted molar refractivity (Wildman–Crippen MR) is 100 cm³/mol. The highest BCUT2D eigenvalue weighted by Gasteiger charge is 2.50. The molecule has 0 radical (unpaired) electrons. The van der Waals surface area contributed by atoms with Crippen LogP contribution in [-0.4, -0.2) is 41.1 Å². The fourth-order valence-electron chi connectivity index (χ4n) is 3.96. The van der Waals surface area contributed by atoms with Crippen molar-refractivity contribution in [1.82, 2.24) is 34.6 Å². The molecule has 1 fully saturated rings. The van der Waals surface area contributed by atoms with Gasteiger partial charge < -0.3 is 9.47 Å². The van der Waals surface area contributed by atoms with Crippen LogP contribution >= 0.6 is 0 Å². The normalized spacial score (nSPS) is 18.6. The van der Waals surface area contributed by atoms with Gasteiger partial charge in [0.25, 0.3) is 0 Å². The Labute approximate surface area is 156 Å². The van der Waals surface area contributed by atoms with Crippen molar-refractivity contribution >= 4 is 11.5 Å². The molecule has 0 spiro atoms. The molecule has 1 saturated heterocycles. The van der Waals surface area contributed by atoms with E-state index >= 15 is 0 Å². The second-order valence-corrected chi connectivity index (χ2v) is 7.62. The number of aromatic nitrogens is 7. The number of hydrogen-bond donors (Lipinski definition) is 0. The van der Waals surface area contributed by atoms with Crippen LogP contribution in [0.1, 0.15) is 31.3 Å². The molecule has 8 heteroatoms. The van der Waals surface area contributed by atoms with Crippen molar-refractivity contribution < 1.29 is 0 Å². The minimum absolute atomic E-state index is 0.0712. The average Bonchev–Trinajstić information content (AvgIpc) is 3.30. The molecule has 0 bridgehead atoms. The molecule has 3 aromatic heterocycles. The summed E-state index contributed by atoms with van der Waals surface area (Å²) in [5.41, 5.74) is 1.99. The van der Waals surface area contributed by atoms with Gasteiger partial charge in [0, 0.05) is 37.1 Å². The second-order valence-electron chi connectivity index (χ2n) is 7.62. The maximum atomic E-state index is 4.71. The zero-order chi connectivity index (χ0) is 18.4. The van der Waals surface area contributed by atoms with Gasteiger partial charge in [-0.3, -0.25) is 0 Å². The van der Waals surface area contributed by atoms with Crippen LogP contribution in [0.2, 0.25) is 0 Å². The third-order valence-corrected chi connectivity index (χ3v) is 5.19. The Balaban J connectivity index is 1.53. The Hall–Kier alpha value is -3.29. The van der Waals surface area contributed by atoms with Crippen LogP contribution in [0.25, 0.3) is 5.65 Å². The molecular formula is C19H20N8. The first-order chi connectivity index (χ1) is 13.1. The smallest absolute Gasteiger partial charge is 0.222 e. The zero-order valence-corrected chi connectivity index (χ0v) is 15.3. The van der Waals surface area contributed by atoms with Crippen LogP contribution in [0.3, 0.4) is 0 Å². The Kier molecular flexibility index (Phi) is 3.46. The van der Waals surface area contributed by atoms with Gasteiger partial charge in [0.15, 0.2) is 5.82 Å². The molecule has 0 saturated carbocycles. The SMILES string of the molecule is CC1(C)CN(c2nccn3nnnc23)C1c1nccn1Cc1ccccc1. The van der Waals surface area contributed by atoms with Crippen LogP contribution in [0.15, 0.2) is 55.1 Å². The minimum Gasteiger partial charge on any atom is -0.342 e. The molecule has 136 valence electrons. The number of rotatable bonds is 4. The summed E-state index contributed by atoms with van der Waals surface area (Å²) in [5.74, 6) is 1.83. The molecule has 4 heterocycles. The topological polar surface area (TPSA) is 77.0 Å². The van der Waals surface area contributed by atoms with E-state index in [9.17, 15) is 0 Å². The molecule has 1 aliphatic rings. The van der Waals surface area contributed by atoms with Gasteiger partial charge in [0.1, 0.15) is 5.82 Å². The van der Waals surface area contributed by atoms with Gasteiger partial charge in [-0.05, 0) is 16.0 Å². The quantitative estimate of drug-likeness (QED) is 0.556. The molecule has 1 atom stereocenters. The summed E-state index contributed by atoms with van der Waals surface area (Å²) in [7, 11) is 0. The first kappa shape index (κ1) is 15.9. The largest absolute Gasteiger partial charge is 0.342 e. The first-order valence-corrected chi connectivity index (χ1v) is 8.98. The van der Waals surface area contributed by atoms with Crippen molar-refractivity contribution in [3.8, 4) is 0 Å². The van der Waals surface area contributed by atoms with Crippen LogP contribution < -0.4 is 4.90 Å². The number of imidazole rings is 1. The molecular weight excluding hydrogens is 340 g/mol. The molecule has 1 aliphatic heterocycles. The summed E-state index contributed by atoms with van der Waals surface area (Å²) in [6.45, 7) is 6.19. The van der Waals surface area contributed by atoms with E-state index in [2.05, 4.69) is 68.1 Å². The van der Waals surface area contributed by atoms with Crippen molar-refractivity contribution in [1.29, 1.82) is 0 Å². The van der Waals surface area contributed by atoms with Gasteiger partial charge >= 0.3 is 0 Å². The number of fused-ring (bicyclic) bond motifs is 1.